The van der Waals surface area contributed by atoms with E-state index < -0.39 is 18.0 Å². The Bertz CT molecular complexity index is 961. The topological polar surface area (TPSA) is 83.9 Å². The predicted molar refractivity (Wildman–Crippen MR) is 116 cm³/mol. The fourth-order valence-electron chi connectivity index (χ4n) is 3.93. The first-order valence-corrected chi connectivity index (χ1v) is 10.8. The number of urea groups is 1. The van der Waals surface area contributed by atoms with E-state index in [1.165, 1.54) is 17.0 Å². The molecule has 2 aromatic rings. The normalized spacial score (nSPS) is 15.1. The minimum absolute atomic E-state index is 0.144. The number of carbonyl (C=O) groups excluding carboxylic acids is 3. The number of fused-ring (bicyclic) bond motifs is 1. The number of benzene rings is 1. The molecule has 0 bridgehead atoms. The van der Waals surface area contributed by atoms with Gasteiger partial charge in [-0.2, -0.15) is 0 Å². The van der Waals surface area contributed by atoms with Gasteiger partial charge < -0.3 is 24.4 Å². The summed E-state index contributed by atoms with van der Waals surface area (Å²) in [6.45, 7) is 4.82. The van der Waals surface area contributed by atoms with Crippen LogP contribution < -0.4 is 5.32 Å². The standard InChI is InChI=1S/C23H29FN4O4/c1-3-10-27(23(31)25-15-21(30)32-4-2)16-20(29)28-13-12-26-11-6-9-19(26)22(28)17-7-5-8-18(24)14-17/h5-9,11,14,22H,3-4,10,12-13,15-16H2,1-2H3,(H,25,31). The van der Waals surface area contributed by atoms with Gasteiger partial charge in [-0.15, -0.1) is 0 Å². The Morgan fingerprint density at radius 1 is 1.19 bits per heavy atom. The van der Waals surface area contributed by atoms with Crippen LogP contribution in [0.4, 0.5) is 9.18 Å². The third-order valence-electron chi connectivity index (χ3n) is 5.32. The van der Waals surface area contributed by atoms with Crippen molar-refractivity contribution >= 4 is 17.9 Å². The maximum Gasteiger partial charge on any atom is 0.325 e. The predicted octanol–water partition coefficient (Wildman–Crippen LogP) is 2.54. The average Bonchev–Trinajstić information content (AvgIpc) is 3.25. The van der Waals surface area contributed by atoms with Crippen LogP contribution >= 0.6 is 0 Å². The number of hydrogen-bond donors (Lipinski definition) is 1. The van der Waals surface area contributed by atoms with Crippen molar-refractivity contribution in [2.45, 2.75) is 32.9 Å². The molecular weight excluding hydrogens is 415 g/mol. The van der Waals surface area contributed by atoms with Gasteiger partial charge >= 0.3 is 12.0 Å². The molecule has 3 rings (SSSR count). The van der Waals surface area contributed by atoms with Crippen LogP contribution in [-0.2, 0) is 20.9 Å². The number of esters is 1. The average molecular weight is 445 g/mol. The highest BCUT2D eigenvalue weighted by Crippen LogP contribution is 2.32. The monoisotopic (exact) mass is 444 g/mol. The molecule has 172 valence electrons. The Labute approximate surface area is 186 Å². The largest absolute Gasteiger partial charge is 0.465 e. The van der Waals surface area contributed by atoms with Gasteiger partial charge in [-0.25, -0.2) is 9.18 Å². The Morgan fingerprint density at radius 3 is 2.72 bits per heavy atom. The molecular formula is C23H29FN4O4. The van der Waals surface area contributed by atoms with Crippen molar-refractivity contribution < 1.29 is 23.5 Å². The fourth-order valence-corrected chi connectivity index (χ4v) is 3.93. The molecule has 1 aromatic carbocycles. The maximum absolute atomic E-state index is 14.0. The summed E-state index contributed by atoms with van der Waals surface area (Å²) < 4.78 is 20.8. The molecule has 1 aliphatic heterocycles. The summed E-state index contributed by atoms with van der Waals surface area (Å²) in [7, 11) is 0. The molecule has 0 radical (unpaired) electrons. The lowest BCUT2D eigenvalue weighted by Crippen LogP contribution is -2.50. The van der Waals surface area contributed by atoms with E-state index in [4.69, 9.17) is 4.74 Å². The van der Waals surface area contributed by atoms with E-state index in [1.807, 2.05) is 25.3 Å². The number of nitrogens with zero attached hydrogens (tertiary/aromatic N) is 3. The van der Waals surface area contributed by atoms with Crippen molar-refractivity contribution in [1.29, 1.82) is 0 Å². The first-order valence-electron chi connectivity index (χ1n) is 10.8. The first-order chi connectivity index (χ1) is 15.4. The van der Waals surface area contributed by atoms with Gasteiger partial charge in [-0.1, -0.05) is 19.1 Å². The highest BCUT2D eigenvalue weighted by atomic mass is 19.1. The van der Waals surface area contributed by atoms with Crippen LogP contribution in [0.5, 0.6) is 0 Å². The lowest BCUT2D eigenvalue weighted by molar-refractivity contribution is -0.141. The van der Waals surface area contributed by atoms with Gasteiger partial charge in [-0.05, 0) is 43.2 Å². The second-order valence-electron chi connectivity index (χ2n) is 7.56. The van der Waals surface area contributed by atoms with E-state index in [1.54, 1.807) is 24.0 Å². The maximum atomic E-state index is 14.0. The molecule has 0 fully saturated rings. The van der Waals surface area contributed by atoms with E-state index in [-0.39, 0.29) is 31.4 Å². The van der Waals surface area contributed by atoms with Crippen molar-refractivity contribution in [2.75, 3.05) is 32.8 Å². The van der Waals surface area contributed by atoms with Gasteiger partial charge in [0.15, 0.2) is 0 Å². The van der Waals surface area contributed by atoms with Crippen molar-refractivity contribution in [2.24, 2.45) is 0 Å². The van der Waals surface area contributed by atoms with Gasteiger partial charge in [0, 0.05) is 31.5 Å². The second kappa shape index (κ2) is 10.8. The van der Waals surface area contributed by atoms with Crippen LogP contribution in [0.1, 0.15) is 37.6 Å². The van der Waals surface area contributed by atoms with Gasteiger partial charge in [-0.3, -0.25) is 9.59 Å². The molecule has 1 unspecified atom stereocenters. The molecule has 0 aliphatic carbocycles. The minimum atomic E-state index is -0.536. The molecule has 32 heavy (non-hydrogen) atoms. The zero-order valence-corrected chi connectivity index (χ0v) is 18.4. The Morgan fingerprint density at radius 2 is 2.00 bits per heavy atom. The molecule has 0 saturated carbocycles. The van der Waals surface area contributed by atoms with Gasteiger partial charge in [0.2, 0.25) is 5.91 Å². The van der Waals surface area contributed by atoms with Gasteiger partial charge in [0.1, 0.15) is 18.9 Å². The van der Waals surface area contributed by atoms with Crippen LogP contribution in [-0.4, -0.2) is 65.1 Å². The molecule has 8 nitrogen and oxygen atoms in total. The minimum Gasteiger partial charge on any atom is -0.465 e. The summed E-state index contributed by atoms with van der Waals surface area (Å²) in [5.41, 5.74) is 1.57. The number of halogens is 1. The van der Waals surface area contributed by atoms with Crippen LogP contribution in [0.15, 0.2) is 42.6 Å². The number of hydrogen-bond acceptors (Lipinski definition) is 4. The highest BCUT2D eigenvalue weighted by Gasteiger charge is 2.33. The third-order valence-corrected chi connectivity index (χ3v) is 5.32. The molecule has 1 N–H and O–H groups in total. The molecule has 0 saturated heterocycles. The summed E-state index contributed by atoms with van der Waals surface area (Å²) >= 11 is 0. The fraction of sp³-hybridized carbons (Fsp3) is 0.435. The van der Waals surface area contributed by atoms with Crippen LogP contribution in [0.3, 0.4) is 0 Å². The number of amides is 3. The van der Waals surface area contributed by atoms with Crippen LogP contribution in [0.2, 0.25) is 0 Å². The second-order valence-corrected chi connectivity index (χ2v) is 7.56. The zero-order valence-electron chi connectivity index (χ0n) is 18.4. The van der Waals surface area contributed by atoms with Crippen LogP contribution in [0, 0.1) is 5.82 Å². The van der Waals surface area contributed by atoms with E-state index in [0.717, 1.165) is 5.69 Å². The van der Waals surface area contributed by atoms with Crippen molar-refractivity contribution in [3.63, 3.8) is 0 Å². The highest BCUT2D eigenvalue weighted by molar-refractivity contribution is 5.86. The third kappa shape index (κ3) is 5.46. The summed E-state index contributed by atoms with van der Waals surface area (Å²) in [5, 5.41) is 2.51. The smallest absolute Gasteiger partial charge is 0.325 e. The lowest BCUT2D eigenvalue weighted by Gasteiger charge is -2.38. The number of carbonyl (C=O) groups is 3. The lowest BCUT2D eigenvalue weighted by atomic mass is 9.99. The molecule has 0 spiro atoms. The van der Waals surface area contributed by atoms with Crippen LogP contribution in [0.25, 0.3) is 0 Å². The Balaban J connectivity index is 1.77. The number of ether oxygens (including phenoxy) is 1. The zero-order chi connectivity index (χ0) is 23.1. The van der Waals surface area contributed by atoms with Gasteiger partial charge in [0.25, 0.3) is 0 Å². The molecule has 1 atom stereocenters. The molecule has 2 heterocycles. The number of rotatable bonds is 8. The van der Waals surface area contributed by atoms with E-state index in [2.05, 4.69) is 9.88 Å². The summed E-state index contributed by atoms with van der Waals surface area (Å²) in [6, 6.07) is 9.10. The van der Waals surface area contributed by atoms with Crippen molar-refractivity contribution in [3.8, 4) is 0 Å². The molecule has 9 heteroatoms. The first kappa shape index (κ1) is 23.3. The van der Waals surface area contributed by atoms with Crippen molar-refractivity contribution in [1.82, 2.24) is 19.7 Å². The van der Waals surface area contributed by atoms with E-state index in [9.17, 15) is 18.8 Å². The number of nitrogens with one attached hydrogen (secondary N) is 1. The van der Waals surface area contributed by atoms with Gasteiger partial charge in [0.05, 0.1) is 12.6 Å². The number of aromatic nitrogens is 1. The summed E-state index contributed by atoms with van der Waals surface area (Å²) in [5.74, 6) is -1.15. The summed E-state index contributed by atoms with van der Waals surface area (Å²) in [4.78, 5) is 40.6. The molecule has 3 amide bonds. The van der Waals surface area contributed by atoms with E-state index >= 15 is 0 Å². The molecule has 1 aliphatic rings. The Hall–Kier alpha value is -3.36. The molecule has 1 aromatic heterocycles. The quantitative estimate of drug-likeness (QED) is 0.635. The SMILES string of the molecule is CCCN(CC(=O)N1CCn2cccc2C1c1cccc(F)c1)C(=O)NCC(=O)OCC. The summed E-state index contributed by atoms with van der Waals surface area (Å²) in [6.07, 6.45) is 2.59. The Kier molecular flexibility index (Phi) is 7.86. The van der Waals surface area contributed by atoms with E-state index in [0.29, 0.717) is 31.6 Å². The van der Waals surface area contributed by atoms with Crippen molar-refractivity contribution in [3.05, 3.63) is 59.7 Å².